The Bertz CT molecular complexity index is 1290. The van der Waals surface area contributed by atoms with Gasteiger partial charge in [-0.15, -0.1) is 0 Å². The van der Waals surface area contributed by atoms with Gasteiger partial charge < -0.3 is 4.42 Å². The summed E-state index contributed by atoms with van der Waals surface area (Å²) in [5.74, 6) is 1.21. The molecule has 26 heavy (non-hydrogen) atoms. The van der Waals surface area contributed by atoms with Gasteiger partial charge in [0.15, 0.2) is 5.49 Å². The summed E-state index contributed by atoms with van der Waals surface area (Å²) in [5, 5.41) is 12.1. The molecule has 1 aromatic heterocycles. The average molecular weight is 364 g/mol. The lowest BCUT2D eigenvalue weighted by molar-refractivity contribution is 0.571. The van der Waals surface area contributed by atoms with E-state index in [1.807, 2.05) is 50.2 Å². The molecule has 0 bridgehead atoms. The molecule has 3 heterocycles. The van der Waals surface area contributed by atoms with E-state index in [1.54, 1.807) is 12.1 Å². The van der Waals surface area contributed by atoms with Gasteiger partial charge in [0.2, 0.25) is 5.13 Å². The number of H-pyrrole nitrogens is 1. The summed E-state index contributed by atoms with van der Waals surface area (Å²) in [5.41, 5.74) is 1.63. The highest BCUT2D eigenvalue weighted by molar-refractivity contribution is 7.11. The molecule has 7 heteroatoms. The highest BCUT2D eigenvalue weighted by Gasteiger charge is 2.11. The van der Waals surface area contributed by atoms with Crippen molar-refractivity contribution in [3.8, 4) is 16.5 Å². The topological polar surface area (TPSA) is 87.7 Å². The SMILES string of the molecule is CC(C)=c1[nH]n2c(=N)c(=Cc3ccc(-c4ccccc4)o3)c(=O)nc-2s1. The number of aromatic amines is 1. The summed E-state index contributed by atoms with van der Waals surface area (Å²) < 4.78 is 8.21. The molecule has 0 radical (unpaired) electrons. The van der Waals surface area contributed by atoms with Gasteiger partial charge in [0, 0.05) is 5.56 Å². The van der Waals surface area contributed by atoms with Crippen molar-refractivity contribution in [2.75, 3.05) is 0 Å². The highest BCUT2D eigenvalue weighted by Crippen LogP contribution is 2.21. The van der Waals surface area contributed by atoms with Gasteiger partial charge in [-0.25, -0.2) is 4.68 Å². The van der Waals surface area contributed by atoms with Crippen molar-refractivity contribution in [3.63, 3.8) is 0 Å². The maximum atomic E-state index is 12.4. The number of hydrogen-bond donors (Lipinski definition) is 2. The molecule has 130 valence electrons. The van der Waals surface area contributed by atoms with Crippen LogP contribution in [-0.2, 0) is 0 Å². The average Bonchev–Trinajstić information content (AvgIpc) is 3.26. The lowest BCUT2D eigenvalue weighted by Crippen LogP contribution is -2.47. The van der Waals surface area contributed by atoms with Gasteiger partial charge in [-0.2, -0.15) is 4.98 Å². The zero-order valence-electron chi connectivity index (χ0n) is 14.2. The van der Waals surface area contributed by atoms with Crippen molar-refractivity contribution in [3.05, 3.63) is 73.9 Å². The first-order chi connectivity index (χ1) is 12.5. The van der Waals surface area contributed by atoms with E-state index >= 15 is 0 Å². The number of fused-ring (bicyclic) bond motifs is 1. The maximum absolute atomic E-state index is 12.4. The molecule has 2 aromatic rings. The van der Waals surface area contributed by atoms with Gasteiger partial charge in [-0.3, -0.25) is 15.3 Å². The molecule has 0 saturated carbocycles. The van der Waals surface area contributed by atoms with Gasteiger partial charge in [0.25, 0.3) is 5.56 Å². The second-order valence-corrected chi connectivity index (χ2v) is 7.03. The number of aromatic nitrogens is 3. The predicted molar refractivity (Wildman–Crippen MR) is 101 cm³/mol. The van der Waals surface area contributed by atoms with Crippen LogP contribution < -0.4 is 20.9 Å². The summed E-state index contributed by atoms with van der Waals surface area (Å²) in [7, 11) is 0. The molecule has 1 aromatic carbocycles. The molecule has 2 aliphatic heterocycles. The van der Waals surface area contributed by atoms with E-state index in [-0.39, 0.29) is 10.7 Å². The van der Waals surface area contributed by atoms with E-state index in [1.165, 1.54) is 16.0 Å². The minimum absolute atomic E-state index is 0.0569. The van der Waals surface area contributed by atoms with Gasteiger partial charge in [-0.05, 0) is 37.6 Å². The fraction of sp³-hybridized carbons (Fsp3) is 0.105. The molecule has 0 unspecified atom stereocenters. The van der Waals surface area contributed by atoms with Crippen LogP contribution in [0, 0.1) is 5.41 Å². The Morgan fingerprint density at radius 3 is 2.73 bits per heavy atom. The van der Waals surface area contributed by atoms with E-state index in [2.05, 4.69) is 10.1 Å². The maximum Gasteiger partial charge on any atom is 0.283 e. The lowest BCUT2D eigenvalue weighted by Gasteiger charge is -1.99. The molecule has 0 fully saturated rings. The molecule has 2 aliphatic rings. The summed E-state index contributed by atoms with van der Waals surface area (Å²) in [6.07, 6.45) is 1.56. The van der Waals surface area contributed by atoms with Crippen LogP contribution in [0.1, 0.15) is 19.6 Å². The molecule has 0 saturated heterocycles. The van der Waals surface area contributed by atoms with Crippen LogP contribution in [0.25, 0.3) is 28.1 Å². The Balaban J connectivity index is 1.89. The second-order valence-electron chi connectivity index (χ2n) is 6.05. The second kappa shape index (κ2) is 6.27. The van der Waals surface area contributed by atoms with E-state index in [9.17, 15) is 4.79 Å². The quantitative estimate of drug-likeness (QED) is 0.569. The van der Waals surface area contributed by atoms with Crippen molar-refractivity contribution < 1.29 is 4.42 Å². The van der Waals surface area contributed by atoms with Gasteiger partial charge in [-0.1, -0.05) is 41.7 Å². The van der Waals surface area contributed by atoms with E-state index in [0.717, 1.165) is 15.8 Å². The first-order valence-corrected chi connectivity index (χ1v) is 8.85. The molecule has 4 rings (SSSR count). The van der Waals surface area contributed by atoms with Crippen LogP contribution in [0.15, 0.2) is 51.7 Å². The van der Waals surface area contributed by atoms with Crippen LogP contribution in [0.2, 0.25) is 0 Å². The number of furan rings is 1. The Labute approximate surface area is 152 Å². The fourth-order valence-corrected chi connectivity index (χ4v) is 3.46. The Hall–Kier alpha value is -3.19. The highest BCUT2D eigenvalue weighted by atomic mass is 32.1. The summed E-state index contributed by atoms with van der Waals surface area (Å²) in [4.78, 5) is 16.5. The third-order valence-corrected chi connectivity index (χ3v) is 5.09. The third kappa shape index (κ3) is 2.82. The summed E-state index contributed by atoms with van der Waals surface area (Å²) in [6, 6.07) is 13.3. The normalized spacial score (nSPS) is 12.0. The van der Waals surface area contributed by atoms with Crippen molar-refractivity contribution in [2.24, 2.45) is 0 Å². The lowest BCUT2D eigenvalue weighted by atomic mass is 10.2. The van der Waals surface area contributed by atoms with Crippen LogP contribution in [0.5, 0.6) is 0 Å². The predicted octanol–water partition coefficient (Wildman–Crippen LogP) is 1.82. The largest absolute Gasteiger partial charge is 0.457 e. The molecule has 6 nitrogen and oxygen atoms in total. The standard InChI is InChI=1S/C19H16N4O2S/c1-11(2)18-22-23-16(20)14(17(24)21-19(23)26-18)10-13-8-9-15(25-13)12-6-4-3-5-7-12/h3-10,20,22H,1-2H3. The Morgan fingerprint density at radius 1 is 1.23 bits per heavy atom. The van der Waals surface area contributed by atoms with Crippen molar-refractivity contribution in [1.82, 2.24) is 14.8 Å². The van der Waals surface area contributed by atoms with Crippen molar-refractivity contribution >= 4 is 23.0 Å². The minimum atomic E-state index is -0.441. The first-order valence-electron chi connectivity index (χ1n) is 8.04. The van der Waals surface area contributed by atoms with Crippen LogP contribution in [0.4, 0.5) is 0 Å². The van der Waals surface area contributed by atoms with Gasteiger partial charge in [0.1, 0.15) is 16.2 Å². The molecule has 0 atom stereocenters. The summed E-state index contributed by atoms with van der Waals surface area (Å²) >= 11 is 1.35. The Morgan fingerprint density at radius 2 is 2.00 bits per heavy atom. The smallest absolute Gasteiger partial charge is 0.283 e. The van der Waals surface area contributed by atoms with Crippen molar-refractivity contribution in [2.45, 2.75) is 13.8 Å². The Kier molecular flexibility index (Phi) is 3.93. The minimum Gasteiger partial charge on any atom is -0.457 e. The van der Waals surface area contributed by atoms with Gasteiger partial charge >= 0.3 is 0 Å². The van der Waals surface area contributed by atoms with Crippen LogP contribution in [0.3, 0.4) is 0 Å². The number of rotatable bonds is 2. The van der Waals surface area contributed by atoms with E-state index < -0.39 is 5.56 Å². The molecule has 2 N–H and O–H groups in total. The van der Waals surface area contributed by atoms with Crippen LogP contribution in [-0.4, -0.2) is 14.8 Å². The van der Waals surface area contributed by atoms with Gasteiger partial charge in [0.05, 0.1) is 5.22 Å². The summed E-state index contributed by atoms with van der Waals surface area (Å²) in [6.45, 7) is 3.93. The van der Waals surface area contributed by atoms with Crippen LogP contribution >= 0.6 is 11.3 Å². The zero-order valence-corrected chi connectivity index (χ0v) is 15.1. The zero-order chi connectivity index (χ0) is 18.3. The molecular formula is C19H16N4O2S. The van der Waals surface area contributed by atoms with E-state index in [4.69, 9.17) is 9.83 Å². The number of nitrogens with zero attached hydrogens (tertiary/aromatic N) is 2. The molecule has 0 spiro atoms. The first kappa shape index (κ1) is 16.3. The molecular weight excluding hydrogens is 348 g/mol. The van der Waals surface area contributed by atoms with E-state index in [0.29, 0.717) is 16.7 Å². The fourth-order valence-electron chi connectivity index (χ4n) is 2.58. The number of benzene rings is 1. The van der Waals surface area contributed by atoms with Crippen molar-refractivity contribution in [1.29, 1.82) is 5.41 Å². The third-order valence-electron chi connectivity index (χ3n) is 3.93. The molecule has 0 aliphatic carbocycles. The monoisotopic (exact) mass is 364 g/mol. The number of nitrogens with one attached hydrogen (secondary N) is 2. The molecule has 0 amide bonds. The number of hydrogen-bond acceptors (Lipinski definition) is 5.